The molecule has 0 unspecified atom stereocenters. The number of carbonyl (C=O) groups excluding carboxylic acids is 1. The van der Waals surface area contributed by atoms with Crippen LogP contribution in [-0.4, -0.2) is 20.5 Å². The van der Waals surface area contributed by atoms with Crippen molar-refractivity contribution in [1.29, 1.82) is 0 Å². The molecule has 0 saturated carbocycles. The summed E-state index contributed by atoms with van der Waals surface area (Å²) in [4.78, 5) is 29.3. The number of nitrogens with one attached hydrogen (secondary N) is 1. The Bertz CT molecular complexity index is 1230. The molecule has 1 N–H and O–H groups in total. The molecule has 4 rings (SSSR count). The minimum atomic E-state index is -0.230. The predicted molar refractivity (Wildman–Crippen MR) is 112 cm³/mol. The van der Waals surface area contributed by atoms with Gasteiger partial charge in [-0.25, -0.2) is 4.98 Å². The lowest BCUT2D eigenvalue weighted by atomic mass is 10.1. The third kappa shape index (κ3) is 4.33. The van der Waals surface area contributed by atoms with Gasteiger partial charge >= 0.3 is 0 Å². The highest BCUT2D eigenvalue weighted by molar-refractivity contribution is 7.16. The second kappa shape index (κ2) is 7.84. The number of ether oxygens (including phenoxy) is 1. The van der Waals surface area contributed by atoms with Gasteiger partial charge in [-0.3, -0.25) is 9.59 Å². The Labute approximate surface area is 170 Å². The maximum Gasteiger partial charge on any atom is 0.275 e. The van der Waals surface area contributed by atoms with Crippen LogP contribution in [0.2, 0.25) is 0 Å². The van der Waals surface area contributed by atoms with Gasteiger partial charge in [0.05, 0.1) is 5.69 Å². The number of nitrogens with zero attached hydrogens (tertiary/aromatic N) is 3. The molecule has 0 bridgehead atoms. The van der Waals surface area contributed by atoms with E-state index in [-0.39, 0.29) is 18.1 Å². The van der Waals surface area contributed by atoms with Gasteiger partial charge in [0, 0.05) is 17.3 Å². The maximum atomic E-state index is 12.3. The van der Waals surface area contributed by atoms with Crippen LogP contribution in [0.3, 0.4) is 0 Å². The van der Waals surface area contributed by atoms with E-state index >= 15 is 0 Å². The van der Waals surface area contributed by atoms with Crippen LogP contribution in [0.25, 0.3) is 4.96 Å². The third-order valence-corrected chi connectivity index (χ3v) is 5.04. The van der Waals surface area contributed by atoms with Crippen molar-refractivity contribution in [2.75, 3.05) is 5.32 Å². The largest absolute Gasteiger partial charge is 0.487 e. The molecule has 2 aromatic heterocycles. The van der Waals surface area contributed by atoms with Crippen molar-refractivity contribution in [1.82, 2.24) is 14.6 Å². The van der Waals surface area contributed by atoms with Crippen molar-refractivity contribution in [3.63, 3.8) is 0 Å². The lowest BCUT2D eigenvalue weighted by Gasteiger charge is -2.08. The van der Waals surface area contributed by atoms with E-state index in [1.165, 1.54) is 21.9 Å². The Hall–Kier alpha value is -3.52. The Morgan fingerprint density at radius 2 is 1.83 bits per heavy atom. The molecule has 0 aliphatic heterocycles. The maximum absolute atomic E-state index is 12.3. The Morgan fingerprint density at radius 1 is 1.10 bits per heavy atom. The van der Waals surface area contributed by atoms with E-state index in [4.69, 9.17) is 4.74 Å². The number of fused-ring (bicyclic) bond motifs is 1. The van der Waals surface area contributed by atoms with E-state index in [9.17, 15) is 9.59 Å². The number of aryl methyl sites for hydroxylation is 2. The molecule has 2 aromatic carbocycles. The van der Waals surface area contributed by atoms with E-state index in [2.05, 4.69) is 15.4 Å². The molecule has 0 fully saturated rings. The van der Waals surface area contributed by atoms with Gasteiger partial charge < -0.3 is 10.1 Å². The van der Waals surface area contributed by atoms with Crippen molar-refractivity contribution in [2.45, 2.75) is 20.5 Å². The highest BCUT2D eigenvalue weighted by Gasteiger charge is 2.08. The van der Waals surface area contributed by atoms with Gasteiger partial charge in [-0.1, -0.05) is 29.0 Å². The van der Waals surface area contributed by atoms with E-state index < -0.39 is 0 Å². The van der Waals surface area contributed by atoms with E-state index in [0.717, 1.165) is 10.6 Å². The fourth-order valence-corrected chi connectivity index (χ4v) is 3.49. The molecule has 0 aliphatic rings. The van der Waals surface area contributed by atoms with Crippen LogP contribution in [0.1, 0.15) is 26.6 Å². The first-order valence-electron chi connectivity index (χ1n) is 8.95. The normalized spacial score (nSPS) is 10.8. The van der Waals surface area contributed by atoms with E-state index in [1.54, 1.807) is 36.4 Å². The molecule has 0 saturated heterocycles. The Morgan fingerprint density at radius 3 is 2.55 bits per heavy atom. The first-order valence-corrected chi connectivity index (χ1v) is 9.77. The van der Waals surface area contributed by atoms with Gasteiger partial charge in [-0.15, -0.1) is 0 Å². The first-order chi connectivity index (χ1) is 14.0. The van der Waals surface area contributed by atoms with E-state index in [0.29, 0.717) is 27.7 Å². The minimum Gasteiger partial charge on any atom is -0.487 e. The molecule has 0 spiro atoms. The third-order valence-electron chi connectivity index (χ3n) is 4.21. The average Bonchev–Trinajstić information content (AvgIpc) is 3.09. The number of hydrogen-bond acceptors (Lipinski definition) is 6. The molecule has 146 valence electrons. The number of carbonyl (C=O) groups is 1. The number of amides is 1. The van der Waals surface area contributed by atoms with Gasteiger partial charge in [-0.05, 0) is 50.2 Å². The summed E-state index contributed by atoms with van der Waals surface area (Å²) in [6.07, 6.45) is 0. The molecule has 8 heteroatoms. The fraction of sp³-hybridized carbons (Fsp3) is 0.143. The van der Waals surface area contributed by atoms with Crippen LogP contribution < -0.4 is 15.6 Å². The SMILES string of the molecule is Cc1ccc(C(=O)Nc2ccc(OCc3cc(=O)n4nc(C)sc4n3)cc2)cc1. The second-order valence-electron chi connectivity index (χ2n) is 6.53. The topological polar surface area (TPSA) is 85.6 Å². The van der Waals surface area contributed by atoms with Crippen molar-refractivity contribution in [3.05, 3.63) is 86.8 Å². The predicted octanol–water partition coefficient (Wildman–Crippen LogP) is 3.60. The van der Waals surface area contributed by atoms with Crippen LogP contribution >= 0.6 is 11.3 Å². The summed E-state index contributed by atoms with van der Waals surface area (Å²) in [6.45, 7) is 3.97. The zero-order valence-electron chi connectivity index (χ0n) is 15.9. The molecule has 2 heterocycles. The molecule has 7 nitrogen and oxygen atoms in total. The minimum absolute atomic E-state index is 0.164. The van der Waals surface area contributed by atoms with Crippen LogP contribution in [-0.2, 0) is 6.61 Å². The zero-order chi connectivity index (χ0) is 20.4. The summed E-state index contributed by atoms with van der Waals surface area (Å²) >= 11 is 1.35. The lowest BCUT2D eigenvalue weighted by molar-refractivity contribution is 0.102. The fourth-order valence-electron chi connectivity index (χ4n) is 2.73. The first kappa shape index (κ1) is 18.8. The standard InChI is InChI=1S/C21H18N4O3S/c1-13-3-5-15(6-4-13)20(27)22-16-7-9-18(10-8-16)28-12-17-11-19(26)25-21(23-17)29-14(2)24-25/h3-11H,12H2,1-2H3,(H,22,27). The molecule has 1 amide bonds. The quantitative estimate of drug-likeness (QED) is 0.547. The molecule has 0 aliphatic carbocycles. The zero-order valence-corrected chi connectivity index (χ0v) is 16.7. The highest BCUT2D eigenvalue weighted by Crippen LogP contribution is 2.18. The number of benzene rings is 2. The summed E-state index contributed by atoms with van der Waals surface area (Å²) in [5.41, 5.74) is 2.68. The monoisotopic (exact) mass is 406 g/mol. The number of aromatic nitrogens is 3. The highest BCUT2D eigenvalue weighted by atomic mass is 32.1. The van der Waals surface area contributed by atoms with Gasteiger partial charge in [-0.2, -0.15) is 9.61 Å². The molecular formula is C21H18N4O3S. The average molecular weight is 406 g/mol. The van der Waals surface area contributed by atoms with Crippen molar-refractivity contribution >= 4 is 27.9 Å². The number of rotatable bonds is 5. The molecule has 4 aromatic rings. The summed E-state index contributed by atoms with van der Waals surface area (Å²) < 4.78 is 7.01. The number of anilines is 1. The molecular weight excluding hydrogens is 388 g/mol. The number of hydrogen-bond donors (Lipinski definition) is 1. The van der Waals surface area contributed by atoms with Crippen molar-refractivity contribution in [2.24, 2.45) is 0 Å². The summed E-state index contributed by atoms with van der Waals surface area (Å²) in [5, 5.41) is 7.74. The lowest BCUT2D eigenvalue weighted by Crippen LogP contribution is -2.16. The summed E-state index contributed by atoms with van der Waals surface area (Å²) in [7, 11) is 0. The second-order valence-corrected chi connectivity index (χ2v) is 7.69. The summed E-state index contributed by atoms with van der Waals surface area (Å²) in [6, 6.07) is 15.8. The smallest absolute Gasteiger partial charge is 0.275 e. The van der Waals surface area contributed by atoms with Crippen molar-refractivity contribution < 1.29 is 9.53 Å². The van der Waals surface area contributed by atoms with Crippen LogP contribution in [0.5, 0.6) is 5.75 Å². The van der Waals surface area contributed by atoms with Gasteiger partial charge in [0.15, 0.2) is 0 Å². The van der Waals surface area contributed by atoms with Gasteiger partial charge in [0.25, 0.3) is 11.5 Å². The Balaban J connectivity index is 1.40. The van der Waals surface area contributed by atoms with Crippen LogP contribution in [0.4, 0.5) is 5.69 Å². The molecule has 0 atom stereocenters. The van der Waals surface area contributed by atoms with E-state index in [1.807, 2.05) is 26.0 Å². The van der Waals surface area contributed by atoms with Gasteiger partial charge in [0.1, 0.15) is 17.4 Å². The van der Waals surface area contributed by atoms with Crippen LogP contribution in [0, 0.1) is 13.8 Å². The summed E-state index contributed by atoms with van der Waals surface area (Å²) in [5.74, 6) is 0.442. The van der Waals surface area contributed by atoms with Crippen LogP contribution in [0.15, 0.2) is 59.4 Å². The molecule has 0 radical (unpaired) electrons. The van der Waals surface area contributed by atoms with Crippen molar-refractivity contribution in [3.8, 4) is 5.75 Å². The molecule has 29 heavy (non-hydrogen) atoms. The Kier molecular flexibility index (Phi) is 5.09. The van der Waals surface area contributed by atoms with Gasteiger partial charge in [0.2, 0.25) is 4.96 Å².